The van der Waals surface area contributed by atoms with Crippen LogP contribution in [0, 0.1) is 11.2 Å². The summed E-state index contributed by atoms with van der Waals surface area (Å²) in [6.45, 7) is 0.195. The lowest BCUT2D eigenvalue weighted by Gasteiger charge is -2.16. The highest BCUT2D eigenvalue weighted by molar-refractivity contribution is 7.98. The predicted molar refractivity (Wildman–Crippen MR) is 114 cm³/mol. The van der Waals surface area contributed by atoms with Crippen LogP contribution in [0.15, 0.2) is 63.2 Å². The number of benzene rings is 2. The summed E-state index contributed by atoms with van der Waals surface area (Å²) in [6, 6.07) is 13.7. The second-order valence-corrected chi connectivity index (χ2v) is 7.65. The first-order valence-corrected chi connectivity index (χ1v) is 10.8. The largest absolute Gasteiger partial charge is 0.383 e. The highest BCUT2D eigenvalue weighted by atomic mass is 32.2. The normalized spacial score (nSPS) is 10.8. The van der Waals surface area contributed by atoms with E-state index in [1.165, 1.54) is 28.5 Å². The van der Waals surface area contributed by atoms with Gasteiger partial charge < -0.3 is 5.73 Å². The molecule has 0 bridgehead atoms. The monoisotopic (exact) mass is 414 g/mol. The maximum absolute atomic E-state index is 13.3. The summed E-state index contributed by atoms with van der Waals surface area (Å²) in [5.74, 6) is -0.181. The molecule has 1 heterocycles. The van der Waals surface area contributed by atoms with Gasteiger partial charge in [-0.05, 0) is 42.3 Å². The third kappa shape index (κ3) is 4.13. The van der Waals surface area contributed by atoms with Gasteiger partial charge in [-0.25, -0.2) is 9.37 Å². The number of aromatic nitrogens is 2. The van der Waals surface area contributed by atoms with Gasteiger partial charge in [0.15, 0.2) is 0 Å². The molecule has 0 unspecified atom stereocenters. The van der Waals surface area contributed by atoms with E-state index in [0.717, 1.165) is 16.0 Å². The van der Waals surface area contributed by atoms with Gasteiger partial charge in [0.1, 0.15) is 28.1 Å². The van der Waals surface area contributed by atoms with E-state index in [2.05, 4.69) is 4.98 Å². The fourth-order valence-electron chi connectivity index (χ4n) is 2.79. The number of rotatable bonds is 6. The average molecular weight is 415 g/mol. The first-order valence-electron chi connectivity index (χ1n) is 8.36. The molecule has 144 valence electrons. The van der Waals surface area contributed by atoms with Crippen LogP contribution in [0.1, 0.15) is 11.1 Å². The van der Waals surface area contributed by atoms with Crippen LogP contribution in [0.25, 0.3) is 11.4 Å². The van der Waals surface area contributed by atoms with Gasteiger partial charge in [0.05, 0.1) is 6.54 Å². The molecule has 3 N–H and O–H groups in total. The summed E-state index contributed by atoms with van der Waals surface area (Å²) >= 11 is 2.90. The molecule has 1 aromatic heterocycles. The molecule has 28 heavy (non-hydrogen) atoms. The molecule has 5 nitrogen and oxygen atoms in total. The average Bonchev–Trinajstić information content (AvgIpc) is 2.70. The third-order valence-corrected chi connectivity index (χ3v) is 5.63. The summed E-state index contributed by atoms with van der Waals surface area (Å²) < 4.78 is 14.7. The first-order chi connectivity index (χ1) is 13.4. The summed E-state index contributed by atoms with van der Waals surface area (Å²) in [5.41, 5.74) is 6.89. The molecule has 8 heteroatoms. The van der Waals surface area contributed by atoms with Crippen molar-refractivity contribution in [1.29, 1.82) is 5.41 Å². The van der Waals surface area contributed by atoms with Crippen LogP contribution < -0.4 is 11.3 Å². The number of nitrogens with one attached hydrogen (secondary N) is 1. The minimum absolute atomic E-state index is 0.0825. The molecular formula is C20H19FN4OS2. The van der Waals surface area contributed by atoms with Crippen LogP contribution in [-0.2, 0) is 6.54 Å². The number of hydrogen-bond acceptors (Lipinski definition) is 5. The topological polar surface area (TPSA) is 84.8 Å². The van der Waals surface area contributed by atoms with E-state index < -0.39 is 0 Å². The van der Waals surface area contributed by atoms with Crippen LogP contribution in [0.2, 0.25) is 0 Å². The van der Waals surface area contributed by atoms with E-state index in [4.69, 9.17) is 11.1 Å². The number of amidine groups is 1. The van der Waals surface area contributed by atoms with Crippen LogP contribution in [0.5, 0.6) is 0 Å². The zero-order chi connectivity index (χ0) is 20.3. The van der Waals surface area contributed by atoms with Crippen molar-refractivity contribution >= 4 is 29.4 Å². The molecule has 0 spiro atoms. The molecule has 0 fully saturated rings. The van der Waals surface area contributed by atoms with E-state index in [9.17, 15) is 9.18 Å². The van der Waals surface area contributed by atoms with Crippen molar-refractivity contribution in [3.05, 3.63) is 75.8 Å². The number of nitrogens with two attached hydrogens (primary N) is 1. The van der Waals surface area contributed by atoms with E-state index in [1.54, 1.807) is 30.2 Å². The minimum atomic E-state index is -0.389. The quantitative estimate of drug-likeness (QED) is 0.277. The molecular weight excluding hydrogens is 395 g/mol. The summed E-state index contributed by atoms with van der Waals surface area (Å²) in [6.07, 6.45) is 3.78. The van der Waals surface area contributed by atoms with Gasteiger partial charge in [-0.2, -0.15) is 0 Å². The van der Waals surface area contributed by atoms with Gasteiger partial charge in [-0.3, -0.25) is 14.8 Å². The fourth-order valence-corrected chi connectivity index (χ4v) is 3.78. The van der Waals surface area contributed by atoms with Gasteiger partial charge in [-0.15, -0.1) is 23.5 Å². The van der Waals surface area contributed by atoms with E-state index in [1.807, 2.05) is 30.5 Å². The Morgan fingerprint density at radius 1 is 1.11 bits per heavy atom. The molecule has 0 saturated heterocycles. The molecule has 0 radical (unpaired) electrons. The van der Waals surface area contributed by atoms with Crippen LogP contribution in [-0.4, -0.2) is 27.9 Å². The van der Waals surface area contributed by atoms with Crippen LogP contribution in [0.4, 0.5) is 4.39 Å². The maximum atomic E-state index is 13.3. The zero-order valence-corrected chi connectivity index (χ0v) is 17.0. The Labute approximate surface area is 170 Å². The Hall–Kier alpha value is -2.58. The lowest BCUT2D eigenvalue weighted by molar-refractivity contribution is 0.625. The van der Waals surface area contributed by atoms with Gasteiger partial charge in [0, 0.05) is 10.5 Å². The number of nitrogen functional groups attached to an aromatic ring is 1. The van der Waals surface area contributed by atoms with Crippen molar-refractivity contribution in [1.82, 2.24) is 9.55 Å². The SMILES string of the molecule is CSc1ccc(-c2nc(SC)c(C(=N)N)c(=O)n2Cc2ccc(F)cc2)cc1. The van der Waals surface area contributed by atoms with Crippen molar-refractivity contribution in [2.75, 3.05) is 12.5 Å². The maximum Gasteiger partial charge on any atom is 0.266 e. The molecule has 3 rings (SSSR count). The highest BCUT2D eigenvalue weighted by Gasteiger charge is 2.19. The molecule has 3 aromatic rings. The number of nitrogens with zero attached hydrogens (tertiary/aromatic N) is 2. The lowest BCUT2D eigenvalue weighted by Crippen LogP contribution is -2.33. The second kappa shape index (κ2) is 8.62. The van der Waals surface area contributed by atoms with Gasteiger partial charge in [-0.1, -0.05) is 24.3 Å². The second-order valence-electron chi connectivity index (χ2n) is 5.98. The number of thioether (sulfide) groups is 2. The van der Waals surface area contributed by atoms with Gasteiger partial charge in [0.25, 0.3) is 5.56 Å². The molecule has 0 aliphatic carbocycles. The lowest BCUT2D eigenvalue weighted by atomic mass is 10.1. The standard InChI is InChI=1S/C20H19FN4OS2/c1-27-15-9-5-13(6-10-15)18-24-19(28-2)16(17(22)23)20(26)25(18)11-12-3-7-14(21)8-4-12/h3-10H,11H2,1-2H3,(H3,22,23). The predicted octanol–water partition coefficient (Wildman–Crippen LogP) is 3.83. The summed E-state index contributed by atoms with van der Waals surface area (Å²) in [4.78, 5) is 18.9. The minimum Gasteiger partial charge on any atom is -0.383 e. The number of halogens is 1. The van der Waals surface area contributed by atoms with Crippen molar-refractivity contribution in [2.45, 2.75) is 16.5 Å². The van der Waals surface area contributed by atoms with Gasteiger partial charge >= 0.3 is 0 Å². The van der Waals surface area contributed by atoms with Crippen molar-refractivity contribution in [3.8, 4) is 11.4 Å². The molecule has 2 aromatic carbocycles. The zero-order valence-electron chi connectivity index (χ0n) is 15.4. The van der Waals surface area contributed by atoms with Crippen molar-refractivity contribution in [3.63, 3.8) is 0 Å². The number of hydrogen-bond donors (Lipinski definition) is 2. The molecule has 0 amide bonds. The van der Waals surface area contributed by atoms with Crippen LogP contribution >= 0.6 is 23.5 Å². The first kappa shape index (κ1) is 20.2. The van der Waals surface area contributed by atoms with E-state index >= 15 is 0 Å². The molecule has 0 saturated carbocycles. The summed E-state index contributed by atoms with van der Waals surface area (Å²) in [7, 11) is 0. The Kier molecular flexibility index (Phi) is 6.21. The van der Waals surface area contributed by atoms with Crippen molar-refractivity contribution in [2.24, 2.45) is 5.73 Å². The highest BCUT2D eigenvalue weighted by Crippen LogP contribution is 2.25. The smallest absolute Gasteiger partial charge is 0.266 e. The van der Waals surface area contributed by atoms with E-state index in [-0.39, 0.29) is 29.3 Å². The van der Waals surface area contributed by atoms with Crippen LogP contribution in [0.3, 0.4) is 0 Å². The Bertz CT molecular complexity index is 1060. The Morgan fingerprint density at radius 3 is 2.29 bits per heavy atom. The summed E-state index contributed by atoms with van der Waals surface area (Å²) in [5, 5.41) is 8.23. The van der Waals surface area contributed by atoms with E-state index in [0.29, 0.717) is 10.9 Å². The fraction of sp³-hybridized carbons (Fsp3) is 0.150. The Morgan fingerprint density at radius 2 is 1.75 bits per heavy atom. The molecule has 0 aliphatic heterocycles. The van der Waals surface area contributed by atoms with Gasteiger partial charge in [0.2, 0.25) is 0 Å². The Balaban J connectivity index is 2.22. The third-order valence-electron chi connectivity index (χ3n) is 4.20. The molecule has 0 aliphatic rings. The van der Waals surface area contributed by atoms with Crippen molar-refractivity contribution < 1.29 is 4.39 Å². The molecule has 0 atom stereocenters.